The molecule has 0 radical (unpaired) electrons. The smallest absolute Gasteiger partial charge is 0.121 e. The number of rotatable bonds is 3. The molecule has 0 saturated carbocycles. The van der Waals surface area contributed by atoms with Crippen LogP contribution in [0.3, 0.4) is 0 Å². The fourth-order valence-corrected chi connectivity index (χ4v) is 3.79. The molecular weight excluding hydrogens is 254 g/mol. The maximum absolute atomic E-state index is 5.31. The molecular formula is C16H19NOS. The second-order valence-electron chi connectivity index (χ2n) is 5.07. The van der Waals surface area contributed by atoms with E-state index >= 15 is 0 Å². The van der Waals surface area contributed by atoms with E-state index in [9.17, 15) is 0 Å². The molecule has 3 heteroatoms. The van der Waals surface area contributed by atoms with Gasteiger partial charge in [-0.05, 0) is 67.0 Å². The van der Waals surface area contributed by atoms with Crippen LogP contribution >= 0.6 is 11.3 Å². The van der Waals surface area contributed by atoms with Gasteiger partial charge in [-0.1, -0.05) is 0 Å². The van der Waals surface area contributed by atoms with Crippen molar-refractivity contribution < 1.29 is 4.74 Å². The van der Waals surface area contributed by atoms with Crippen LogP contribution in [0.5, 0.6) is 5.75 Å². The Kier molecular flexibility index (Phi) is 3.47. The summed E-state index contributed by atoms with van der Waals surface area (Å²) in [6, 6.07) is 9.04. The van der Waals surface area contributed by atoms with Crippen LogP contribution in [0.4, 0.5) is 5.69 Å². The van der Waals surface area contributed by atoms with E-state index in [2.05, 4.69) is 35.8 Å². The normalized spacial score (nSPS) is 17.9. The average molecular weight is 273 g/mol. The van der Waals surface area contributed by atoms with Crippen LogP contribution in [0.15, 0.2) is 29.6 Å². The first-order valence-corrected chi connectivity index (χ1v) is 7.63. The van der Waals surface area contributed by atoms with Crippen LogP contribution in [-0.4, -0.2) is 7.11 Å². The van der Waals surface area contributed by atoms with Gasteiger partial charge in [0.05, 0.1) is 13.2 Å². The predicted octanol–water partition coefficient (Wildman–Crippen LogP) is 4.55. The summed E-state index contributed by atoms with van der Waals surface area (Å²) >= 11 is 1.89. The van der Waals surface area contributed by atoms with Gasteiger partial charge in [-0.3, -0.25) is 0 Å². The monoisotopic (exact) mass is 273 g/mol. The number of hydrogen-bond donors (Lipinski definition) is 1. The Labute approximate surface area is 118 Å². The van der Waals surface area contributed by atoms with Gasteiger partial charge >= 0.3 is 0 Å². The topological polar surface area (TPSA) is 21.3 Å². The molecule has 0 spiro atoms. The molecule has 1 N–H and O–H groups in total. The molecule has 1 aromatic heterocycles. The summed E-state index contributed by atoms with van der Waals surface area (Å²) in [5.41, 5.74) is 3.85. The summed E-state index contributed by atoms with van der Waals surface area (Å²) in [7, 11) is 1.72. The molecule has 2 nitrogen and oxygen atoms in total. The van der Waals surface area contributed by atoms with Crippen molar-refractivity contribution in [2.24, 2.45) is 0 Å². The minimum atomic E-state index is 0.461. The van der Waals surface area contributed by atoms with Gasteiger partial charge < -0.3 is 10.1 Å². The quantitative estimate of drug-likeness (QED) is 0.885. The molecule has 1 aliphatic carbocycles. The molecule has 2 aromatic rings. The Bertz CT molecular complexity index is 576. The zero-order chi connectivity index (χ0) is 13.2. The van der Waals surface area contributed by atoms with Gasteiger partial charge in [0, 0.05) is 10.6 Å². The molecule has 0 fully saturated rings. The van der Waals surface area contributed by atoms with Crippen LogP contribution in [0.2, 0.25) is 0 Å². The van der Waals surface area contributed by atoms with Crippen LogP contribution < -0.4 is 10.1 Å². The van der Waals surface area contributed by atoms with E-state index in [4.69, 9.17) is 4.74 Å². The number of ether oxygens (including phenoxy) is 1. The van der Waals surface area contributed by atoms with E-state index in [1.165, 1.54) is 36.1 Å². The molecule has 1 atom stereocenters. The highest BCUT2D eigenvalue weighted by Gasteiger charge is 2.20. The molecule has 3 rings (SSSR count). The number of anilines is 1. The molecule has 0 aliphatic heterocycles. The van der Waals surface area contributed by atoms with E-state index in [0.29, 0.717) is 6.04 Å². The summed E-state index contributed by atoms with van der Waals surface area (Å²) in [5.74, 6) is 0.949. The van der Waals surface area contributed by atoms with Gasteiger partial charge in [0.1, 0.15) is 5.75 Å². The lowest BCUT2D eigenvalue weighted by molar-refractivity contribution is 0.411. The van der Waals surface area contributed by atoms with Crippen molar-refractivity contribution in [2.75, 3.05) is 12.4 Å². The molecule has 0 bridgehead atoms. The van der Waals surface area contributed by atoms with E-state index in [-0.39, 0.29) is 0 Å². The molecule has 1 aliphatic rings. The number of hydrogen-bond acceptors (Lipinski definition) is 3. The van der Waals surface area contributed by atoms with Crippen LogP contribution in [0.1, 0.15) is 34.9 Å². The minimum absolute atomic E-state index is 0.461. The van der Waals surface area contributed by atoms with Crippen molar-refractivity contribution in [2.45, 2.75) is 32.2 Å². The highest BCUT2D eigenvalue weighted by Crippen LogP contribution is 2.36. The summed E-state index contributed by atoms with van der Waals surface area (Å²) < 4.78 is 5.31. The first-order valence-electron chi connectivity index (χ1n) is 6.75. The SMILES string of the molecule is COc1ccc(NC2CCCc3sccc32)cc1C. The molecule has 1 heterocycles. The number of nitrogens with one attached hydrogen (secondary N) is 1. The molecule has 1 unspecified atom stereocenters. The Morgan fingerprint density at radius 1 is 1.32 bits per heavy atom. The number of benzene rings is 1. The predicted molar refractivity (Wildman–Crippen MR) is 81.4 cm³/mol. The first-order chi connectivity index (χ1) is 9.28. The summed E-state index contributed by atoms with van der Waals surface area (Å²) in [5, 5.41) is 5.88. The number of methoxy groups -OCH3 is 1. The third kappa shape index (κ3) is 2.47. The van der Waals surface area contributed by atoms with E-state index in [1.54, 1.807) is 12.0 Å². The minimum Gasteiger partial charge on any atom is -0.496 e. The van der Waals surface area contributed by atoms with E-state index < -0.39 is 0 Å². The van der Waals surface area contributed by atoms with Crippen molar-refractivity contribution in [1.82, 2.24) is 0 Å². The summed E-state index contributed by atoms with van der Waals surface area (Å²) in [4.78, 5) is 1.55. The average Bonchev–Trinajstić information content (AvgIpc) is 2.88. The third-order valence-corrected chi connectivity index (χ3v) is 4.78. The summed E-state index contributed by atoms with van der Waals surface area (Å²) in [6.45, 7) is 2.08. The number of fused-ring (bicyclic) bond motifs is 1. The molecule has 0 saturated heterocycles. The summed E-state index contributed by atoms with van der Waals surface area (Å²) in [6.07, 6.45) is 3.74. The van der Waals surface area contributed by atoms with Crippen LogP contribution in [-0.2, 0) is 6.42 Å². The fourth-order valence-electron chi connectivity index (χ4n) is 2.81. The third-order valence-electron chi connectivity index (χ3n) is 3.79. The van der Waals surface area contributed by atoms with Crippen molar-refractivity contribution in [1.29, 1.82) is 0 Å². The second kappa shape index (κ2) is 5.25. The maximum atomic E-state index is 5.31. The van der Waals surface area contributed by atoms with Crippen LogP contribution in [0, 0.1) is 6.92 Å². The van der Waals surface area contributed by atoms with Gasteiger partial charge in [0.2, 0.25) is 0 Å². The number of thiophene rings is 1. The second-order valence-corrected chi connectivity index (χ2v) is 6.07. The molecule has 100 valence electrons. The lowest BCUT2D eigenvalue weighted by Gasteiger charge is -2.25. The Hall–Kier alpha value is -1.48. The van der Waals surface area contributed by atoms with Crippen LogP contribution in [0.25, 0.3) is 0 Å². The maximum Gasteiger partial charge on any atom is 0.121 e. The van der Waals surface area contributed by atoms with Crippen molar-refractivity contribution >= 4 is 17.0 Å². The van der Waals surface area contributed by atoms with E-state index in [0.717, 1.165) is 5.75 Å². The van der Waals surface area contributed by atoms with Gasteiger partial charge in [-0.2, -0.15) is 0 Å². The molecule has 19 heavy (non-hydrogen) atoms. The lowest BCUT2D eigenvalue weighted by Crippen LogP contribution is -2.15. The number of aryl methyl sites for hydroxylation is 2. The van der Waals surface area contributed by atoms with Crippen molar-refractivity contribution in [3.63, 3.8) is 0 Å². The van der Waals surface area contributed by atoms with Gasteiger partial charge in [0.15, 0.2) is 0 Å². The highest BCUT2D eigenvalue weighted by atomic mass is 32.1. The van der Waals surface area contributed by atoms with Gasteiger partial charge in [0.25, 0.3) is 0 Å². The first kappa shape index (κ1) is 12.5. The Balaban J connectivity index is 1.81. The molecule has 1 aromatic carbocycles. The zero-order valence-electron chi connectivity index (χ0n) is 11.4. The molecule has 0 amide bonds. The zero-order valence-corrected chi connectivity index (χ0v) is 12.2. The highest BCUT2D eigenvalue weighted by molar-refractivity contribution is 7.10. The van der Waals surface area contributed by atoms with Gasteiger partial charge in [-0.25, -0.2) is 0 Å². The van der Waals surface area contributed by atoms with E-state index in [1.807, 2.05) is 17.4 Å². The van der Waals surface area contributed by atoms with Crippen molar-refractivity contribution in [3.05, 3.63) is 45.6 Å². The fraction of sp³-hybridized carbons (Fsp3) is 0.375. The van der Waals surface area contributed by atoms with Gasteiger partial charge in [-0.15, -0.1) is 11.3 Å². The Morgan fingerprint density at radius 3 is 3.00 bits per heavy atom. The van der Waals surface area contributed by atoms with Crippen molar-refractivity contribution in [3.8, 4) is 5.75 Å². The lowest BCUT2D eigenvalue weighted by atomic mass is 9.94. The standard InChI is InChI=1S/C16H19NOS/c1-11-10-12(6-7-15(11)18-2)17-14-4-3-5-16-13(14)8-9-19-16/h6-10,14,17H,3-5H2,1-2H3. The largest absolute Gasteiger partial charge is 0.496 e. The Morgan fingerprint density at radius 2 is 2.21 bits per heavy atom.